The van der Waals surface area contributed by atoms with E-state index in [1.165, 1.54) is 43.4 Å². The first-order valence-electron chi connectivity index (χ1n) is 7.45. The molecule has 0 aliphatic rings. The zero-order valence-corrected chi connectivity index (χ0v) is 14.4. The van der Waals surface area contributed by atoms with Crippen molar-refractivity contribution in [2.24, 2.45) is 0 Å². The quantitative estimate of drug-likeness (QED) is 0.784. The van der Waals surface area contributed by atoms with E-state index >= 15 is 0 Å². The molecule has 0 aliphatic heterocycles. The number of hydrogen-bond acceptors (Lipinski definition) is 4. The van der Waals surface area contributed by atoms with Crippen LogP contribution in [0.2, 0.25) is 0 Å². The predicted octanol–water partition coefficient (Wildman–Crippen LogP) is 2.03. The van der Waals surface area contributed by atoms with E-state index in [4.69, 9.17) is 5.11 Å². The number of amides is 1. The maximum Gasteiger partial charge on any atom is 0.335 e. The third-order valence-corrected chi connectivity index (χ3v) is 5.39. The highest BCUT2D eigenvalue weighted by Gasteiger charge is 2.20. The average Bonchev–Trinajstić information content (AvgIpc) is 2.60. The van der Waals surface area contributed by atoms with Crippen LogP contribution in [0.1, 0.15) is 16.8 Å². The summed E-state index contributed by atoms with van der Waals surface area (Å²) in [5, 5.41) is 11.4. The molecule has 132 valence electrons. The van der Waals surface area contributed by atoms with Crippen LogP contribution >= 0.6 is 0 Å². The maximum atomic E-state index is 12.3. The third kappa shape index (κ3) is 4.88. The molecule has 2 N–H and O–H groups in total. The van der Waals surface area contributed by atoms with Gasteiger partial charge in [0.1, 0.15) is 0 Å². The van der Waals surface area contributed by atoms with Gasteiger partial charge in [0.2, 0.25) is 15.9 Å². The van der Waals surface area contributed by atoms with Crippen LogP contribution in [-0.2, 0) is 14.8 Å². The van der Waals surface area contributed by atoms with Crippen molar-refractivity contribution in [2.45, 2.75) is 11.3 Å². The molecular weight excluding hydrogens is 344 g/mol. The molecule has 0 aromatic heterocycles. The van der Waals surface area contributed by atoms with Crippen molar-refractivity contribution in [1.29, 1.82) is 0 Å². The SMILES string of the molecule is CN(CCC(=O)Nc1ccc(C(=O)O)cc1)S(=O)(=O)c1ccccc1. The van der Waals surface area contributed by atoms with Gasteiger partial charge in [-0.2, -0.15) is 0 Å². The zero-order chi connectivity index (χ0) is 18.4. The van der Waals surface area contributed by atoms with Gasteiger partial charge >= 0.3 is 5.97 Å². The number of carboxylic acids is 1. The van der Waals surface area contributed by atoms with Crippen molar-refractivity contribution in [2.75, 3.05) is 18.9 Å². The third-order valence-electron chi connectivity index (χ3n) is 3.52. The first-order chi connectivity index (χ1) is 11.8. The largest absolute Gasteiger partial charge is 0.478 e. The van der Waals surface area contributed by atoms with Gasteiger partial charge in [-0.3, -0.25) is 4.79 Å². The van der Waals surface area contributed by atoms with Gasteiger partial charge in [-0.15, -0.1) is 0 Å². The van der Waals surface area contributed by atoms with Crippen LogP contribution < -0.4 is 5.32 Å². The Morgan fingerprint density at radius 1 is 1.04 bits per heavy atom. The van der Waals surface area contributed by atoms with Crippen LogP contribution in [0.3, 0.4) is 0 Å². The minimum Gasteiger partial charge on any atom is -0.478 e. The zero-order valence-electron chi connectivity index (χ0n) is 13.5. The molecule has 0 spiro atoms. The molecule has 7 nitrogen and oxygen atoms in total. The number of carboxylic acid groups (broad SMARTS) is 1. The highest BCUT2D eigenvalue weighted by Crippen LogP contribution is 2.14. The van der Waals surface area contributed by atoms with E-state index in [0.29, 0.717) is 5.69 Å². The van der Waals surface area contributed by atoms with Crippen LogP contribution in [0.5, 0.6) is 0 Å². The summed E-state index contributed by atoms with van der Waals surface area (Å²) in [7, 11) is -2.22. The Morgan fingerprint density at radius 2 is 1.64 bits per heavy atom. The summed E-state index contributed by atoms with van der Waals surface area (Å²) in [6, 6.07) is 13.7. The van der Waals surface area contributed by atoms with Crippen molar-refractivity contribution >= 4 is 27.6 Å². The highest BCUT2D eigenvalue weighted by atomic mass is 32.2. The van der Waals surface area contributed by atoms with Crippen LogP contribution in [0.15, 0.2) is 59.5 Å². The minimum atomic E-state index is -3.63. The number of nitrogens with one attached hydrogen (secondary N) is 1. The van der Waals surface area contributed by atoms with Gasteiger partial charge in [0, 0.05) is 25.7 Å². The molecule has 1 amide bonds. The first-order valence-corrected chi connectivity index (χ1v) is 8.89. The van der Waals surface area contributed by atoms with Crippen LogP contribution in [0.4, 0.5) is 5.69 Å². The summed E-state index contributed by atoms with van der Waals surface area (Å²) in [5.41, 5.74) is 0.565. The number of sulfonamides is 1. The maximum absolute atomic E-state index is 12.3. The Balaban J connectivity index is 1.92. The molecule has 0 saturated carbocycles. The van der Waals surface area contributed by atoms with E-state index in [-0.39, 0.29) is 29.3 Å². The number of nitrogens with zero attached hydrogens (tertiary/aromatic N) is 1. The number of carbonyl (C=O) groups is 2. The van der Waals surface area contributed by atoms with Gasteiger partial charge in [-0.1, -0.05) is 18.2 Å². The smallest absolute Gasteiger partial charge is 0.335 e. The number of benzene rings is 2. The van der Waals surface area contributed by atoms with Gasteiger partial charge in [0.05, 0.1) is 10.5 Å². The number of anilines is 1. The van der Waals surface area contributed by atoms with Crippen molar-refractivity contribution in [3.8, 4) is 0 Å². The fraction of sp³-hybridized carbons (Fsp3) is 0.176. The topological polar surface area (TPSA) is 104 Å². The fourth-order valence-electron chi connectivity index (χ4n) is 2.07. The van der Waals surface area contributed by atoms with E-state index in [1.807, 2.05) is 0 Å². The first kappa shape index (κ1) is 18.6. The van der Waals surface area contributed by atoms with E-state index in [2.05, 4.69) is 5.32 Å². The number of rotatable bonds is 7. The summed E-state index contributed by atoms with van der Waals surface area (Å²) < 4.78 is 25.8. The molecule has 0 radical (unpaired) electrons. The fourth-order valence-corrected chi connectivity index (χ4v) is 3.26. The Labute approximate surface area is 146 Å². The molecule has 0 unspecified atom stereocenters. The summed E-state index contributed by atoms with van der Waals surface area (Å²) in [6.45, 7) is 0.0241. The molecule has 8 heteroatoms. The molecule has 0 heterocycles. The number of hydrogen-bond donors (Lipinski definition) is 2. The monoisotopic (exact) mass is 362 g/mol. The van der Waals surface area contributed by atoms with Gasteiger partial charge in [-0.25, -0.2) is 17.5 Å². The lowest BCUT2D eigenvalue weighted by Crippen LogP contribution is -2.30. The Kier molecular flexibility index (Phi) is 5.89. The molecule has 2 aromatic rings. The molecule has 0 bridgehead atoms. The normalized spacial score (nSPS) is 11.3. The Hall–Kier alpha value is -2.71. The lowest BCUT2D eigenvalue weighted by atomic mass is 10.2. The van der Waals surface area contributed by atoms with E-state index in [0.717, 1.165) is 4.31 Å². The van der Waals surface area contributed by atoms with Crippen molar-refractivity contribution in [3.05, 3.63) is 60.2 Å². The highest BCUT2D eigenvalue weighted by molar-refractivity contribution is 7.89. The summed E-state index contributed by atoms with van der Waals surface area (Å²) in [4.78, 5) is 22.9. The molecule has 0 fully saturated rings. The predicted molar refractivity (Wildman–Crippen MR) is 92.9 cm³/mol. The second-order valence-electron chi connectivity index (χ2n) is 5.32. The van der Waals surface area contributed by atoms with E-state index < -0.39 is 16.0 Å². The lowest BCUT2D eigenvalue weighted by molar-refractivity contribution is -0.116. The van der Waals surface area contributed by atoms with Crippen molar-refractivity contribution in [1.82, 2.24) is 4.31 Å². The molecule has 0 atom stereocenters. The second kappa shape index (κ2) is 7.91. The summed E-state index contributed by atoms with van der Waals surface area (Å²) in [6.07, 6.45) is -0.0246. The van der Waals surface area contributed by atoms with Crippen molar-refractivity contribution < 1.29 is 23.1 Å². The average molecular weight is 362 g/mol. The summed E-state index contributed by atoms with van der Waals surface area (Å²) in [5.74, 6) is -1.41. The van der Waals surface area contributed by atoms with E-state index in [1.54, 1.807) is 18.2 Å². The van der Waals surface area contributed by atoms with Crippen LogP contribution in [0.25, 0.3) is 0 Å². The second-order valence-corrected chi connectivity index (χ2v) is 7.37. The summed E-state index contributed by atoms with van der Waals surface area (Å²) >= 11 is 0. The minimum absolute atomic E-state index is 0.0241. The molecule has 2 aromatic carbocycles. The van der Waals surface area contributed by atoms with Crippen LogP contribution in [0, 0.1) is 0 Å². The van der Waals surface area contributed by atoms with Gasteiger partial charge in [-0.05, 0) is 36.4 Å². The van der Waals surface area contributed by atoms with Gasteiger partial charge in [0.25, 0.3) is 0 Å². The molecule has 0 saturated heterocycles. The molecule has 2 rings (SSSR count). The van der Waals surface area contributed by atoms with Crippen LogP contribution in [-0.4, -0.2) is 43.3 Å². The standard InChI is InChI=1S/C17H18N2O5S/c1-19(25(23,24)15-5-3-2-4-6-15)12-11-16(20)18-14-9-7-13(8-10-14)17(21)22/h2-10H,11-12H2,1H3,(H,18,20)(H,21,22). The van der Waals surface area contributed by atoms with Crippen molar-refractivity contribution in [3.63, 3.8) is 0 Å². The number of carbonyl (C=O) groups excluding carboxylic acids is 1. The van der Waals surface area contributed by atoms with Gasteiger partial charge < -0.3 is 10.4 Å². The Morgan fingerprint density at radius 3 is 2.20 bits per heavy atom. The lowest BCUT2D eigenvalue weighted by Gasteiger charge is -2.17. The number of aromatic carboxylic acids is 1. The van der Waals surface area contributed by atoms with Gasteiger partial charge in [0.15, 0.2) is 0 Å². The Bertz CT molecular complexity index is 848. The molecule has 0 aliphatic carbocycles. The molecule has 25 heavy (non-hydrogen) atoms. The van der Waals surface area contributed by atoms with E-state index in [9.17, 15) is 18.0 Å². The molecular formula is C17H18N2O5S.